The molecule has 0 aliphatic heterocycles. The highest BCUT2D eigenvalue weighted by molar-refractivity contribution is 7.26. The lowest BCUT2D eigenvalue weighted by atomic mass is 9.97. The number of fused-ring (bicyclic) bond motifs is 4. The van der Waals surface area contributed by atoms with E-state index < -0.39 is 0 Å². The summed E-state index contributed by atoms with van der Waals surface area (Å²) >= 11 is 1.82. The molecular weight excluding hydrogens is 655 g/mol. The Labute approximate surface area is 304 Å². The number of nitrogens with zero attached hydrogens (tertiary/aromatic N) is 5. The van der Waals surface area contributed by atoms with Crippen molar-refractivity contribution in [3.05, 3.63) is 176 Å². The maximum Gasteiger partial charge on any atom is 0.164 e. The number of imidazole rings is 1. The van der Waals surface area contributed by atoms with Crippen LogP contribution < -0.4 is 0 Å². The van der Waals surface area contributed by atoms with Crippen molar-refractivity contribution in [1.82, 2.24) is 24.5 Å². The molecule has 3 aromatic heterocycles. The van der Waals surface area contributed by atoms with Crippen molar-refractivity contribution in [3.8, 4) is 62.4 Å². The lowest BCUT2D eigenvalue weighted by Crippen LogP contribution is -2.00. The second-order valence-corrected chi connectivity index (χ2v) is 13.8. The molecule has 0 amide bonds. The van der Waals surface area contributed by atoms with Gasteiger partial charge in [-0.25, -0.2) is 19.9 Å². The van der Waals surface area contributed by atoms with E-state index in [9.17, 15) is 0 Å². The molecule has 244 valence electrons. The van der Waals surface area contributed by atoms with E-state index in [-0.39, 0.29) is 0 Å². The van der Waals surface area contributed by atoms with Gasteiger partial charge in [0.1, 0.15) is 5.82 Å². The molecule has 0 saturated heterocycles. The van der Waals surface area contributed by atoms with Gasteiger partial charge < -0.3 is 0 Å². The van der Waals surface area contributed by atoms with Crippen molar-refractivity contribution in [2.24, 2.45) is 0 Å². The first kappa shape index (κ1) is 30.1. The Morgan fingerprint density at radius 1 is 0.404 bits per heavy atom. The molecule has 10 rings (SSSR count). The van der Waals surface area contributed by atoms with Crippen LogP contribution in [-0.4, -0.2) is 24.5 Å². The van der Waals surface area contributed by atoms with E-state index in [0.29, 0.717) is 17.5 Å². The highest BCUT2D eigenvalue weighted by atomic mass is 32.1. The van der Waals surface area contributed by atoms with Crippen LogP contribution >= 0.6 is 11.3 Å². The summed E-state index contributed by atoms with van der Waals surface area (Å²) in [6.07, 6.45) is 0. The first-order valence-electron chi connectivity index (χ1n) is 17.2. The first-order valence-corrected chi connectivity index (χ1v) is 18.0. The number of hydrogen-bond donors (Lipinski definition) is 0. The monoisotopic (exact) mass is 683 g/mol. The minimum atomic E-state index is 0.638. The van der Waals surface area contributed by atoms with Crippen molar-refractivity contribution in [2.45, 2.75) is 0 Å². The summed E-state index contributed by atoms with van der Waals surface area (Å²) in [5, 5.41) is 2.44. The van der Waals surface area contributed by atoms with Gasteiger partial charge >= 0.3 is 0 Å². The third kappa shape index (κ3) is 5.25. The van der Waals surface area contributed by atoms with Crippen molar-refractivity contribution >= 4 is 42.5 Å². The second-order valence-electron chi connectivity index (χ2n) is 12.7. The maximum absolute atomic E-state index is 5.16. The minimum absolute atomic E-state index is 0.638. The summed E-state index contributed by atoms with van der Waals surface area (Å²) in [4.78, 5) is 20.1. The molecule has 0 saturated carbocycles. The SMILES string of the molecule is c1ccc(-c2nc(-c3ccccc3)nc(-c3cccc(-c4cccc5sc6ccc(-c7nc8ccccc8n7-c7ccccc7)cc6c45)c3)n2)cc1. The van der Waals surface area contributed by atoms with Crippen LogP contribution in [0.15, 0.2) is 176 Å². The molecule has 10 aromatic rings. The Balaban J connectivity index is 1.13. The van der Waals surface area contributed by atoms with Crippen LogP contribution in [0.25, 0.3) is 93.6 Å². The van der Waals surface area contributed by atoms with E-state index >= 15 is 0 Å². The summed E-state index contributed by atoms with van der Waals surface area (Å²) in [5.74, 6) is 2.86. The summed E-state index contributed by atoms with van der Waals surface area (Å²) < 4.78 is 4.74. The van der Waals surface area contributed by atoms with Gasteiger partial charge in [-0.1, -0.05) is 121 Å². The van der Waals surface area contributed by atoms with E-state index in [1.165, 1.54) is 25.7 Å². The lowest BCUT2D eigenvalue weighted by molar-refractivity contribution is 1.07. The third-order valence-corrected chi connectivity index (χ3v) is 10.6. The highest BCUT2D eigenvalue weighted by Crippen LogP contribution is 2.42. The minimum Gasteiger partial charge on any atom is -0.292 e. The Hall–Kier alpha value is -6.76. The average Bonchev–Trinajstić information content (AvgIpc) is 3.80. The van der Waals surface area contributed by atoms with Crippen LogP contribution in [0, 0.1) is 0 Å². The van der Waals surface area contributed by atoms with Crippen LogP contribution in [0.5, 0.6) is 0 Å². The number of para-hydroxylation sites is 3. The number of rotatable bonds is 6. The van der Waals surface area contributed by atoms with Gasteiger partial charge in [0.05, 0.1) is 11.0 Å². The molecule has 5 nitrogen and oxygen atoms in total. The first-order chi connectivity index (χ1) is 25.8. The highest BCUT2D eigenvalue weighted by Gasteiger charge is 2.18. The Morgan fingerprint density at radius 3 is 1.73 bits per heavy atom. The van der Waals surface area contributed by atoms with Crippen molar-refractivity contribution < 1.29 is 0 Å². The Morgan fingerprint density at radius 2 is 1.00 bits per heavy atom. The fourth-order valence-electron chi connectivity index (χ4n) is 7.03. The van der Waals surface area contributed by atoms with Gasteiger partial charge in [0.2, 0.25) is 0 Å². The normalized spacial score (nSPS) is 11.5. The largest absolute Gasteiger partial charge is 0.292 e. The van der Waals surface area contributed by atoms with E-state index in [2.05, 4.69) is 108 Å². The molecule has 52 heavy (non-hydrogen) atoms. The van der Waals surface area contributed by atoms with Crippen LogP contribution in [0.3, 0.4) is 0 Å². The quantitative estimate of drug-likeness (QED) is 0.175. The smallest absolute Gasteiger partial charge is 0.164 e. The molecule has 6 heteroatoms. The molecule has 0 bridgehead atoms. The van der Waals surface area contributed by atoms with Gasteiger partial charge in [-0.2, -0.15) is 0 Å². The summed E-state index contributed by atoms with van der Waals surface area (Å²) in [6, 6.07) is 60.9. The topological polar surface area (TPSA) is 56.5 Å². The summed E-state index contributed by atoms with van der Waals surface area (Å²) in [5.41, 5.74) is 9.32. The van der Waals surface area contributed by atoms with Gasteiger partial charge in [0, 0.05) is 48.1 Å². The summed E-state index contributed by atoms with van der Waals surface area (Å²) in [7, 11) is 0. The zero-order valence-corrected chi connectivity index (χ0v) is 28.7. The predicted molar refractivity (Wildman–Crippen MR) is 215 cm³/mol. The van der Waals surface area contributed by atoms with Crippen LogP contribution in [0.2, 0.25) is 0 Å². The molecule has 3 heterocycles. The summed E-state index contributed by atoms with van der Waals surface area (Å²) in [6.45, 7) is 0. The molecule has 0 unspecified atom stereocenters. The van der Waals surface area contributed by atoms with Crippen LogP contribution in [0.1, 0.15) is 0 Å². The lowest BCUT2D eigenvalue weighted by Gasteiger charge is -2.11. The molecular formula is C46H29N5S. The third-order valence-electron chi connectivity index (χ3n) is 9.46. The predicted octanol–water partition coefficient (Wildman–Crippen LogP) is 11.9. The van der Waals surface area contributed by atoms with E-state index in [1.54, 1.807) is 0 Å². The number of benzene rings is 7. The fraction of sp³-hybridized carbons (Fsp3) is 0. The number of aromatic nitrogens is 5. The molecule has 0 N–H and O–H groups in total. The van der Waals surface area contributed by atoms with Crippen molar-refractivity contribution in [1.29, 1.82) is 0 Å². The fourth-order valence-corrected chi connectivity index (χ4v) is 8.14. The van der Waals surface area contributed by atoms with Crippen LogP contribution in [0.4, 0.5) is 0 Å². The average molecular weight is 684 g/mol. The molecule has 0 fully saturated rings. The van der Waals surface area contributed by atoms with E-state index in [4.69, 9.17) is 19.9 Å². The molecule has 0 aliphatic carbocycles. The molecule has 0 aliphatic rings. The molecule has 0 spiro atoms. The van der Waals surface area contributed by atoms with Crippen LogP contribution in [-0.2, 0) is 0 Å². The standard InChI is InChI=1S/C46H29N5S/c1-4-14-30(15-5-1)43-48-44(31-16-6-2-7-17-31)50-45(49-43)33-19-12-18-32(28-33)36-22-13-25-41-42(36)37-29-34(26-27-40(37)52-41)46-47-38-23-10-11-24-39(38)51(46)35-20-8-3-9-21-35/h1-29H. The Kier molecular flexibility index (Phi) is 7.25. The number of hydrogen-bond acceptors (Lipinski definition) is 5. The number of thiophene rings is 1. The molecule has 7 aromatic carbocycles. The van der Waals surface area contributed by atoms with Crippen molar-refractivity contribution in [3.63, 3.8) is 0 Å². The maximum atomic E-state index is 5.16. The zero-order chi connectivity index (χ0) is 34.4. The van der Waals surface area contributed by atoms with Gasteiger partial charge in [-0.05, 0) is 65.7 Å². The van der Waals surface area contributed by atoms with E-state index in [1.807, 2.05) is 84.1 Å². The van der Waals surface area contributed by atoms with Gasteiger partial charge in [-0.3, -0.25) is 4.57 Å². The van der Waals surface area contributed by atoms with Crippen molar-refractivity contribution in [2.75, 3.05) is 0 Å². The zero-order valence-electron chi connectivity index (χ0n) is 27.9. The second kappa shape index (κ2) is 12.5. The van der Waals surface area contributed by atoms with Gasteiger partial charge in [0.15, 0.2) is 17.5 Å². The Bertz CT molecular complexity index is 2840. The van der Waals surface area contributed by atoms with Gasteiger partial charge in [0.25, 0.3) is 0 Å². The van der Waals surface area contributed by atoms with Gasteiger partial charge in [-0.15, -0.1) is 11.3 Å². The molecule has 0 radical (unpaired) electrons. The van der Waals surface area contributed by atoms with E-state index in [0.717, 1.165) is 50.4 Å². The molecule has 0 atom stereocenters.